The van der Waals surface area contributed by atoms with Gasteiger partial charge in [0.25, 0.3) is 0 Å². The largest absolute Gasteiger partial charge is 0.360 e. The molecule has 1 aromatic heterocycles. The molecule has 3 heteroatoms. The van der Waals surface area contributed by atoms with Gasteiger partial charge >= 0.3 is 0 Å². The van der Waals surface area contributed by atoms with E-state index in [1.165, 1.54) is 5.56 Å². The Bertz CT molecular complexity index is 328. The maximum atomic E-state index is 4.35. The Balaban J connectivity index is 2.68. The number of rotatable bonds is 4. The van der Waals surface area contributed by atoms with E-state index >= 15 is 0 Å². The van der Waals surface area contributed by atoms with Crippen LogP contribution in [0.5, 0.6) is 0 Å². The normalized spacial score (nSPS) is 11.6. The van der Waals surface area contributed by atoms with Crippen molar-refractivity contribution in [1.29, 1.82) is 0 Å². The minimum absolute atomic E-state index is 0.153. The van der Waals surface area contributed by atoms with Crippen molar-refractivity contribution in [3.8, 4) is 0 Å². The van der Waals surface area contributed by atoms with E-state index in [1.807, 2.05) is 6.20 Å². The van der Waals surface area contributed by atoms with Crippen molar-refractivity contribution >= 4 is 5.82 Å². The Morgan fingerprint density at radius 2 is 2.06 bits per heavy atom. The van der Waals surface area contributed by atoms with E-state index < -0.39 is 0 Å². The van der Waals surface area contributed by atoms with Gasteiger partial charge in [0, 0.05) is 31.9 Å². The number of nitrogens with one attached hydrogen (secondary N) is 1. The third-order valence-electron chi connectivity index (χ3n) is 2.50. The molecule has 16 heavy (non-hydrogen) atoms. The van der Waals surface area contributed by atoms with Crippen molar-refractivity contribution in [2.45, 2.75) is 39.8 Å². The molecule has 90 valence electrons. The van der Waals surface area contributed by atoms with E-state index in [9.17, 15) is 0 Å². The molecule has 0 aliphatic carbocycles. The van der Waals surface area contributed by atoms with Crippen LogP contribution in [0.15, 0.2) is 18.3 Å². The van der Waals surface area contributed by atoms with Crippen molar-refractivity contribution in [3.05, 3.63) is 23.9 Å². The predicted octanol–water partition coefficient (Wildman–Crippen LogP) is 2.43. The first kappa shape index (κ1) is 13.0. The van der Waals surface area contributed by atoms with Crippen LogP contribution in [0.4, 0.5) is 5.82 Å². The van der Waals surface area contributed by atoms with Crippen LogP contribution >= 0.6 is 0 Å². The molecular formula is C13H23N3. The van der Waals surface area contributed by atoms with Crippen LogP contribution in [0.25, 0.3) is 0 Å². The van der Waals surface area contributed by atoms with E-state index in [0.717, 1.165) is 18.9 Å². The molecule has 0 unspecified atom stereocenters. The average Bonchev–Trinajstić information content (AvgIpc) is 2.25. The Morgan fingerprint density at radius 3 is 2.62 bits per heavy atom. The molecule has 0 bridgehead atoms. The molecule has 1 rings (SSSR count). The summed E-state index contributed by atoms with van der Waals surface area (Å²) in [6, 6.07) is 4.20. The molecule has 1 aromatic rings. The van der Waals surface area contributed by atoms with E-state index in [4.69, 9.17) is 0 Å². The minimum Gasteiger partial charge on any atom is -0.360 e. The maximum absolute atomic E-state index is 4.35. The summed E-state index contributed by atoms with van der Waals surface area (Å²) >= 11 is 0. The summed E-state index contributed by atoms with van der Waals surface area (Å²) in [5, 5.41) is 3.48. The lowest BCUT2D eigenvalue weighted by atomic mass is 10.1. The number of aromatic nitrogens is 1. The van der Waals surface area contributed by atoms with Gasteiger partial charge in [-0.1, -0.05) is 0 Å². The summed E-state index contributed by atoms with van der Waals surface area (Å²) in [5.41, 5.74) is 1.43. The van der Waals surface area contributed by atoms with Crippen molar-refractivity contribution in [2.24, 2.45) is 0 Å². The lowest BCUT2D eigenvalue weighted by Gasteiger charge is -2.21. The number of hydrogen-bond acceptors (Lipinski definition) is 3. The molecule has 0 fully saturated rings. The van der Waals surface area contributed by atoms with Gasteiger partial charge in [0.1, 0.15) is 5.82 Å². The molecule has 3 nitrogen and oxygen atoms in total. The molecule has 0 radical (unpaired) electrons. The summed E-state index contributed by atoms with van der Waals surface area (Å²) in [4.78, 5) is 6.49. The summed E-state index contributed by atoms with van der Waals surface area (Å²) in [7, 11) is 2.06. The number of pyridine rings is 1. The summed E-state index contributed by atoms with van der Waals surface area (Å²) in [6.45, 7) is 10.5. The minimum atomic E-state index is 0.153. The fraction of sp³-hybridized carbons (Fsp3) is 0.615. The van der Waals surface area contributed by atoms with Crippen LogP contribution in [0.1, 0.15) is 33.3 Å². The maximum Gasteiger partial charge on any atom is 0.128 e. The van der Waals surface area contributed by atoms with Gasteiger partial charge in [0.2, 0.25) is 0 Å². The summed E-state index contributed by atoms with van der Waals surface area (Å²) in [5.74, 6) is 1.04. The van der Waals surface area contributed by atoms with Gasteiger partial charge in [0.05, 0.1) is 0 Å². The monoisotopic (exact) mass is 221 g/mol. The Kier molecular flexibility index (Phi) is 4.30. The second-order valence-corrected chi connectivity index (χ2v) is 5.14. The Hall–Kier alpha value is -1.09. The SMILES string of the molecule is CCN(C)c1cc(CNC(C)(C)C)ccn1. The standard InChI is InChI=1S/C13H23N3/c1-6-16(5)12-9-11(7-8-14-12)10-15-13(2,3)4/h7-9,15H,6,10H2,1-5H3. The molecular weight excluding hydrogens is 198 g/mol. The lowest BCUT2D eigenvalue weighted by Crippen LogP contribution is -2.35. The van der Waals surface area contributed by atoms with E-state index in [2.05, 4.69) is 62.1 Å². The first-order chi connectivity index (χ1) is 7.42. The fourth-order valence-electron chi connectivity index (χ4n) is 1.31. The van der Waals surface area contributed by atoms with Crippen LogP contribution in [-0.2, 0) is 6.54 Å². The van der Waals surface area contributed by atoms with Crippen molar-refractivity contribution in [2.75, 3.05) is 18.5 Å². The number of hydrogen-bond donors (Lipinski definition) is 1. The zero-order chi connectivity index (χ0) is 12.2. The molecule has 0 spiro atoms. The van der Waals surface area contributed by atoms with Gasteiger partial charge in [-0.15, -0.1) is 0 Å². The highest BCUT2D eigenvalue weighted by Crippen LogP contribution is 2.11. The molecule has 0 atom stereocenters. The number of nitrogens with zero attached hydrogens (tertiary/aromatic N) is 2. The van der Waals surface area contributed by atoms with Crippen LogP contribution in [0.3, 0.4) is 0 Å². The van der Waals surface area contributed by atoms with Crippen LogP contribution < -0.4 is 10.2 Å². The van der Waals surface area contributed by atoms with Crippen molar-refractivity contribution in [3.63, 3.8) is 0 Å². The predicted molar refractivity (Wildman–Crippen MR) is 69.8 cm³/mol. The third-order valence-corrected chi connectivity index (χ3v) is 2.50. The van der Waals surface area contributed by atoms with Gasteiger partial charge in [-0.2, -0.15) is 0 Å². The van der Waals surface area contributed by atoms with Crippen molar-refractivity contribution < 1.29 is 0 Å². The molecule has 0 aromatic carbocycles. The molecule has 0 amide bonds. The van der Waals surface area contributed by atoms with Gasteiger partial charge in [-0.25, -0.2) is 4.98 Å². The first-order valence-electron chi connectivity index (χ1n) is 5.83. The van der Waals surface area contributed by atoms with Gasteiger partial charge in [-0.3, -0.25) is 0 Å². The first-order valence-corrected chi connectivity index (χ1v) is 5.83. The second kappa shape index (κ2) is 5.30. The Morgan fingerprint density at radius 1 is 1.38 bits per heavy atom. The summed E-state index contributed by atoms with van der Waals surface area (Å²) < 4.78 is 0. The molecule has 0 saturated carbocycles. The molecule has 0 saturated heterocycles. The van der Waals surface area contributed by atoms with E-state index in [-0.39, 0.29) is 5.54 Å². The molecule has 0 aliphatic heterocycles. The molecule has 1 heterocycles. The van der Waals surface area contributed by atoms with Crippen LogP contribution in [0, 0.1) is 0 Å². The Labute approximate surface area is 98.9 Å². The molecule has 1 N–H and O–H groups in total. The second-order valence-electron chi connectivity index (χ2n) is 5.14. The molecule has 0 aliphatic rings. The van der Waals surface area contributed by atoms with Gasteiger partial charge < -0.3 is 10.2 Å². The zero-order valence-corrected chi connectivity index (χ0v) is 11.0. The fourth-order valence-corrected chi connectivity index (χ4v) is 1.31. The van der Waals surface area contributed by atoms with Crippen molar-refractivity contribution in [1.82, 2.24) is 10.3 Å². The van der Waals surface area contributed by atoms with Gasteiger partial charge in [0.15, 0.2) is 0 Å². The van der Waals surface area contributed by atoms with E-state index in [0.29, 0.717) is 0 Å². The highest BCUT2D eigenvalue weighted by Gasteiger charge is 2.09. The highest BCUT2D eigenvalue weighted by molar-refractivity contribution is 5.39. The quantitative estimate of drug-likeness (QED) is 0.846. The zero-order valence-electron chi connectivity index (χ0n) is 11.0. The smallest absolute Gasteiger partial charge is 0.128 e. The van der Waals surface area contributed by atoms with Crippen LogP contribution in [0.2, 0.25) is 0 Å². The average molecular weight is 221 g/mol. The van der Waals surface area contributed by atoms with E-state index in [1.54, 1.807) is 0 Å². The summed E-state index contributed by atoms with van der Waals surface area (Å²) in [6.07, 6.45) is 1.88. The number of anilines is 1. The topological polar surface area (TPSA) is 28.2 Å². The lowest BCUT2D eigenvalue weighted by molar-refractivity contribution is 0.424. The van der Waals surface area contributed by atoms with Gasteiger partial charge in [-0.05, 0) is 45.4 Å². The third kappa shape index (κ3) is 4.19. The highest BCUT2D eigenvalue weighted by atomic mass is 15.1. The van der Waals surface area contributed by atoms with Crippen LogP contribution in [-0.4, -0.2) is 24.1 Å².